The zero-order valence-electron chi connectivity index (χ0n) is 13.6. The predicted octanol–water partition coefficient (Wildman–Crippen LogP) is 4.51. The Kier molecular flexibility index (Phi) is 4.95. The second-order valence-corrected chi connectivity index (χ2v) is 7.08. The van der Waals surface area contributed by atoms with E-state index in [4.69, 9.17) is 4.98 Å². The molecule has 0 spiro atoms. The molecule has 3 rings (SSSR count). The van der Waals surface area contributed by atoms with E-state index >= 15 is 0 Å². The average Bonchev–Trinajstić information content (AvgIpc) is 3.14. The molecule has 0 aliphatic heterocycles. The predicted molar refractivity (Wildman–Crippen MR) is 88.2 cm³/mol. The SMILES string of the molecule is CCCNC(CC1CC2CCC1C2)c1ncccc1CC. The standard InChI is InChI=1S/C19H30N2/c1-3-9-20-18(19-15(4-2)6-5-10-21-19)13-17-12-14-7-8-16(17)11-14/h5-6,10,14,16-18,20H,3-4,7-9,11-13H2,1-2H3. The maximum absolute atomic E-state index is 4.74. The van der Waals surface area contributed by atoms with Crippen LogP contribution < -0.4 is 5.32 Å². The Morgan fingerprint density at radius 2 is 2.19 bits per heavy atom. The van der Waals surface area contributed by atoms with Gasteiger partial charge in [0, 0.05) is 6.20 Å². The molecule has 1 heterocycles. The van der Waals surface area contributed by atoms with Gasteiger partial charge in [-0.25, -0.2) is 0 Å². The van der Waals surface area contributed by atoms with Crippen molar-refractivity contribution in [2.45, 2.75) is 64.8 Å². The molecule has 2 bridgehead atoms. The molecular formula is C19H30N2. The lowest BCUT2D eigenvalue weighted by molar-refractivity contribution is 0.276. The van der Waals surface area contributed by atoms with Crippen molar-refractivity contribution in [1.82, 2.24) is 10.3 Å². The number of fused-ring (bicyclic) bond motifs is 2. The van der Waals surface area contributed by atoms with E-state index in [1.54, 1.807) is 0 Å². The highest BCUT2D eigenvalue weighted by Crippen LogP contribution is 2.50. The Balaban J connectivity index is 1.74. The Morgan fingerprint density at radius 3 is 2.86 bits per heavy atom. The molecule has 116 valence electrons. The van der Waals surface area contributed by atoms with Crippen molar-refractivity contribution in [2.24, 2.45) is 17.8 Å². The zero-order chi connectivity index (χ0) is 14.7. The molecule has 2 saturated carbocycles. The van der Waals surface area contributed by atoms with Crippen molar-refractivity contribution in [3.05, 3.63) is 29.6 Å². The summed E-state index contributed by atoms with van der Waals surface area (Å²) in [6.07, 6.45) is 11.5. The van der Waals surface area contributed by atoms with Crippen molar-refractivity contribution in [2.75, 3.05) is 6.54 Å². The van der Waals surface area contributed by atoms with Gasteiger partial charge >= 0.3 is 0 Å². The van der Waals surface area contributed by atoms with Crippen LogP contribution in [0.15, 0.2) is 18.3 Å². The van der Waals surface area contributed by atoms with E-state index in [-0.39, 0.29) is 0 Å². The van der Waals surface area contributed by atoms with E-state index in [9.17, 15) is 0 Å². The third kappa shape index (κ3) is 3.31. The van der Waals surface area contributed by atoms with Gasteiger partial charge in [-0.15, -0.1) is 0 Å². The first-order valence-electron chi connectivity index (χ1n) is 8.99. The van der Waals surface area contributed by atoms with Crippen LogP contribution in [0.4, 0.5) is 0 Å². The molecule has 2 heteroatoms. The topological polar surface area (TPSA) is 24.9 Å². The largest absolute Gasteiger partial charge is 0.309 e. The molecule has 0 radical (unpaired) electrons. The normalized spacial score (nSPS) is 29.0. The molecular weight excluding hydrogens is 256 g/mol. The molecule has 0 saturated heterocycles. The van der Waals surface area contributed by atoms with Crippen LogP contribution in [0.5, 0.6) is 0 Å². The summed E-state index contributed by atoms with van der Waals surface area (Å²) in [6, 6.07) is 4.80. The maximum Gasteiger partial charge on any atom is 0.0605 e. The first-order chi connectivity index (χ1) is 10.3. The molecule has 4 unspecified atom stereocenters. The van der Waals surface area contributed by atoms with E-state index < -0.39 is 0 Å². The molecule has 2 aliphatic rings. The van der Waals surface area contributed by atoms with Crippen LogP contribution >= 0.6 is 0 Å². The lowest BCUT2D eigenvalue weighted by Crippen LogP contribution is -2.28. The van der Waals surface area contributed by atoms with E-state index in [1.807, 2.05) is 6.20 Å². The molecule has 21 heavy (non-hydrogen) atoms. The monoisotopic (exact) mass is 286 g/mol. The fraction of sp³-hybridized carbons (Fsp3) is 0.737. The Morgan fingerprint density at radius 1 is 1.29 bits per heavy atom. The number of hydrogen-bond donors (Lipinski definition) is 1. The number of nitrogens with one attached hydrogen (secondary N) is 1. The third-order valence-corrected chi connectivity index (χ3v) is 5.70. The Bertz CT molecular complexity index is 457. The van der Waals surface area contributed by atoms with Gasteiger partial charge in [0.05, 0.1) is 11.7 Å². The fourth-order valence-corrected chi connectivity index (χ4v) is 4.64. The first kappa shape index (κ1) is 15.0. The summed E-state index contributed by atoms with van der Waals surface area (Å²) in [4.78, 5) is 4.74. The van der Waals surface area contributed by atoms with E-state index in [0.29, 0.717) is 6.04 Å². The fourth-order valence-electron chi connectivity index (χ4n) is 4.64. The van der Waals surface area contributed by atoms with E-state index in [1.165, 1.54) is 49.8 Å². The Labute approximate surface area is 129 Å². The van der Waals surface area contributed by atoms with Gasteiger partial charge < -0.3 is 5.32 Å². The van der Waals surface area contributed by atoms with Crippen LogP contribution in [-0.2, 0) is 6.42 Å². The van der Waals surface area contributed by atoms with Crippen molar-refractivity contribution < 1.29 is 0 Å². The molecule has 2 aliphatic carbocycles. The van der Waals surface area contributed by atoms with Crippen molar-refractivity contribution >= 4 is 0 Å². The van der Waals surface area contributed by atoms with E-state index in [0.717, 1.165) is 30.7 Å². The van der Waals surface area contributed by atoms with Crippen LogP contribution in [0.2, 0.25) is 0 Å². The first-order valence-corrected chi connectivity index (χ1v) is 8.99. The lowest BCUT2D eigenvalue weighted by atomic mass is 9.83. The molecule has 2 nitrogen and oxygen atoms in total. The lowest BCUT2D eigenvalue weighted by Gasteiger charge is -2.28. The summed E-state index contributed by atoms with van der Waals surface area (Å²) in [5, 5.41) is 3.78. The minimum Gasteiger partial charge on any atom is -0.309 e. The van der Waals surface area contributed by atoms with Gasteiger partial charge in [-0.2, -0.15) is 0 Å². The van der Waals surface area contributed by atoms with Crippen LogP contribution in [-0.4, -0.2) is 11.5 Å². The number of aromatic nitrogens is 1. The van der Waals surface area contributed by atoms with Gasteiger partial charge in [0.2, 0.25) is 0 Å². The number of nitrogens with zero attached hydrogens (tertiary/aromatic N) is 1. The summed E-state index contributed by atoms with van der Waals surface area (Å²) >= 11 is 0. The highest BCUT2D eigenvalue weighted by Gasteiger charge is 2.40. The van der Waals surface area contributed by atoms with Crippen LogP contribution in [0.1, 0.15) is 69.7 Å². The Hall–Kier alpha value is -0.890. The number of hydrogen-bond acceptors (Lipinski definition) is 2. The van der Waals surface area contributed by atoms with Crippen molar-refractivity contribution in [3.8, 4) is 0 Å². The van der Waals surface area contributed by atoms with Crippen molar-refractivity contribution in [3.63, 3.8) is 0 Å². The molecule has 0 amide bonds. The molecule has 2 fully saturated rings. The summed E-state index contributed by atoms with van der Waals surface area (Å²) < 4.78 is 0. The van der Waals surface area contributed by atoms with Crippen LogP contribution in [0, 0.1) is 17.8 Å². The van der Waals surface area contributed by atoms with E-state index in [2.05, 4.69) is 31.3 Å². The summed E-state index contributed by atoms with van der Waals surface area (Å²) in [5.74, 6) is 2.99. The summed E-state index contributed by atoms with van der Waals surface area (Å²) in [7, 11) is 0. The highest BCUT2D eigenvalue weighted by molar-refractivity contribution is 5.23. The molecule has 1 aromatic rings. The molecule has 1 aromatic heterocycles. The average molecular weight is 286 g/mol. The highest BCUT2D eigenvalue weighted by atomic mass is 14.9. The summed E-state index contributed by atoms with van der Waals surface area (Å²) in [5.41, 5.74) is 2.74. The van der Waals surface area contributed by atoms with Gasteiger partial charge in [-0.3, -0.25) is 4.98 Å². The number of aryl methyl sites for hydroxylation is 1. The quantitative estimate of drug-likeness (QED) is 0.797. The van der Waals surface area contributed by atoms with Gasteiger partial charge in [0.15, 0.2) is 0 Å². The minimum absolute atomic E-state index is 0.463. The zero-order valence-corrected chi connectivity index (χ0v) is 13.6. The van der Waals surface area contributed by atoms with Gasteiger partial charge in [0.1, 0.15) is 0 Å². The van der Waals surface area contributed by atoms with Gasteiger partial charge in [0.25, 0.3) is 0 Å². The third-order valence-electron chi connectivity index (χ3n) is 5.70. The maximum atomic E-state index is 4.74. The van der Waals surface area contributed by atoms with Gasteiger partial charge in [-0.1, -0.05) is 26.3 Å². The molecule has 0 aromatic carbocycles. The van der Waals surface area contributed by atoms with Crippen LogP contribution in [0.25, 0.3) is 0 Å². The molecule has 4 atom stereocenters. The minimum atomic E-state index is 0.463. The summed E-state index contributed by atoms with van der Waals surface area (Å²) in [6.45, 7) is 5.60. The second kappa shape index (κ2) is 6.91. The van der Waals surface area contributed by atoms with Crippen molar-refractivity contribution in [1.29, 1.82) is 0 Å². The second-order valence-electron chi connectivity index (χ2n) is 7.08. The number of pyridine rings is 1. The number of rotatable bonds is 7. The van der Waals surface area contributed by atoms with Crippen LogP contribution in [0.3, 0.4) is 0 Å². The smallest absolute Gasteiger partial charge is 0.0605 e. The van der Waals surface area contributed by atoms with Gasteiger partial charge in [-0.05, 0) is 74.5 Å². The molecule has 1 N–H and O–H groups in total.